The predicted molar refractivity (Wildman–Crippen MR) is 62.0 cm³/mol. The average Bonchev–Trinajstić information content (AvgIpc) is 2.15. The maximum atomic E-state index is 2.34. The van der Waals surface area contributed by atoms with Crippen molar-refractivity contribution in [3.05, 3.63) is 0 Å². The normalized spacial score (nSPS) is 28.2. The van der Waals surface area contributed by atoms with Crippen LogP contribution in [-0.4, -0.2) is 0 Å². The molecule has 0 aromatic carbocycles. The Morgan fingerprint density at radius 3 is 1.92 bits per heavy atom. The summed E-state index contributed by atoms with van der Waals surface area (Å²) >= 11 is 0. The van der Waals surface area contributed by atoms with E-state index in [0.29, 0.717) is 0 Å². The molecule has 1 aliphatic rings. The van der Waals surface area contributed by atoms with E-state index in [1.807, 2.05) is 0 Å². The van der Waals surface area contributed by atoms with E-state index in [9.17, 15) is 0 Å². The van der Waals surface area contributed by atoms with Gasteiger partial charge in [0.05, 0.1) is 0 Å². The molecule has 1 fully saturated rings. The van der Waals surface area contributed by atoms with Gasteiger partial charge in [0.1, 0.15) is 0 Å². The summed E-state index contributed by atoms with van der Waals surface area (Å²) in [5.74, 6) is 2.16. The fourth-order valence-electron chi connectivity index (χ4n) is 2.42. The van der Waals surface area contributed by atoms with E-state index >= 15 is 0 Å². The number of hydrogen-bond acceptors (Lipinski definition) is 0. The summed E-state index contributed by atoms with van der Waals surface area (Å²) in [4.78, 5) is 0. The minimum atomic E-state index is 0. The standard InChI is InChI=1S/C12H24.CH4/c1-3-5-6-12-9-7-11(4-2)8-10-12;/h11-12H,3-10H2,1-2H3;1H4. The highest BCUT2D eigenvalue weighted by Crippen LogP contribution is 2.33. The van der Waals surface area contributed by atoms with Crippen molar-refractivity contribution in [2.75, 3.05) is 0 Å². The lowest BCUT2D eigenvalue weighted by atomic mass is 9.79. The molecule has 0 bridgehead atoms. The van der Waals surface area contributed by atoms with Gasteiger partial charge in [-0.15, -0.1) is 0 Å². The maximum Gasteiger partial charge on any atom is -0.0414 e. The topological polar surface area (TPSA) is 0 Å². The summed E-state index contributed by atoms with van der Waals surface area (Å²) in [5, 5.41) is 0. The second kappa shape index (κ2) is 7.41. The predicted octanol–water partition coefficient (Wildman–Crippen LogP) is 5.03. The van der Waals surface area contributed by atoms with Gasteiger partial charge < -0.3 is 0 Å². The van der Waals surface area contributed by atoms with Crippen LogP contribution in [0.4, 0.5) is 0 Å². The Bertz CT molecular complexity index is 98.6. The second-order valence-electron chi connectivity index (χ2n) is 4.44. The van der Waals surface area contributed by atoms with Gasteiger partial charge in [-0.1, -0.05) is 72.6 Å². The Balaban J connectivity index is 0.00000144. The summed E-state index contributed by atoms with van der Waals surface area (Å²) in [6, 6.07) is 0. The minimum absolute atomic E-state index is 0. The van der Waals surface area contributed by atoms with Crippen molar-refractivity contribution in [3.8, 4) is 0 Å². The molecule has 0 radical (unpaired) electrons. The molecule has 0 spiro atoms. The lowest BCUT2D eigenvalue weighted by Crippen LogP contribution is -2.13. The van der Waals surface area contributed by atoms with Crippen LogP contribution >= 0.6 is 0 Å². The largest absolute Gasteiger partial charge is 0.0776 e. The summed E-state index contributed by atoms with van der Waals surface area (Å²) < 4.78 is 0. The lowest BCUT2D eigenvalue weighted by Gasteiger charge is -2.27. The van der Waals surface area contributed by atoms with Crippen molar-refractivity contribution in [2.24, 2.45) is 11.8 Å². The van der Waals surface area contributed by atoms with Gasteiger partial charge in [0.25, 0.3) is 0 Å². The fraction of sp³-hybridized carbons (Fsp3) is 1.00. The van der Waals surface area contributed by atoms with Crippen LogP contribution in [0.2, 0.25) is 0 Å². The first-order chi connectivity index (χ1) is 5.86. The van der Waals surface area contributed by atoms with Crippen LogP contribution in [0.15, 0.2) is 0 Å². The molecule has 0 aromatic heterocycles. The van der Waals surface area contributed by atoms with Crippen LogP contribution in [0.1, 0.15) is 72.6 Å². The van der Waals surface area contributed by atoms with E-state index in [1.165, 1.54) is 51.4 Å². The Morgan fingerprint density at radius 2 is 1.46 bits per heavy atom. The number of hydrogen-bond donors (Lipinski definition) is 0. The van der Waals surface area contributed by atoms with Crippen molar-refractivity contribution in [2.45, 2.75) is 72.6 Å². The Labute approximate surface area is 85.1 Å². The lowest BCUT2D eigenvalue weighted by molar-refractivity contribution is 0.255. The van der Waals surface area contributed by atoms with Gasteiger partial charge in [-0.25, -0.2) is 0 Å². The van der Waals surface area contributed by atoms with Crippen molar-refractivity contribution in [1.29, 1.82) is 0 Å². The third-order valence-electron chi connectivity index (χ3n) is 3.51. The smallest absolute Gasteiger partial charge is 0.0414 e. The summed E-state index contributed by atoms with van der Waals surface area (Å²) in [6.07, 6.45) is 11.9. The van der Waals surface area contributed by atoms with Crippen molar-refractivity contribution < 1.29 is 0 Å². The molecule has 0 N–H and O–H groups in total. The highest BCUT2D eigenvalue weighted by Gasteiger charge is 2.18. The summed E-state index contributed by atoms with van der Waals surface area (Å²) in [5.41, 5.74) is 0. The van der Waals surface area contributed by atoms with Crippen LogP contribution < -0.4 is 0 Å². The first-order valence-corrected chi connectivity index (χ1v) is 5.86. The molecule has 80 valence electrons. The molecule has 1 rings (SSSR count). The molecular formula is C13H28. The third kappa shape index (κ3) is 4.69. The number of rotatable bonds is 4. The van der Waals surface area contributed by atoms with E-state index in [0.717, 1.165) is 11.8 Å². The molecule has 0 aromatic rings. The van der Waals surface area contributed by atoms with Gasteiger partial charge in [-0.2, -0.15) is 0 Å². The van der Waals surface area contributed by atoms with Gasteiger partial charge in [0, 0.05) is 0 Å². The summed E-state index contributed by atoms with van der Waals surface area (Å²) in [6.45, 7) is 4.65. The van der Waals surface area contributed by atoms with E-state index in [1.54, 1.807) is 0 Å². The van der Waals surface area contributed by atoms with E-state index in [4.69, 9.17) is 0 Å². The molecule has 0 heteroatoms. The zero-order chi connectivity index (χ0) is 8.81. The zero-order valence-electron chi connectivity index (χ0n) is 8.81. The van der Waals surface area contributed by atoms with E-state index in [-0.39, 0.29) is 7.43 Å². The molecule has 0 aliphatic heterocycles. The number of unbranched alkanes of at least 4 members (excludes halogenated alkanes) is 1. The Morgan fingerprint density at radius 1 is 0.923 bits per heavy atom. The fourth-order valence-corrected chi connectivity index (χ4v) is 2.42. The molecule has 0 unspecified atom stereocenters. The van der Waals surface area contributed by atoms with Crippen molar-refractivity contribution in [3.63, 3.8) is 0 Å². The quantitative estimate of drug-likeness (QED) is 0.575. The van der Waals surface area contributed by atoms with Crippen LogP contribution in [-0.2, 0) is 0 Å². The molecule has 0 nitrogen and oxygen atoms in total. The molecule has 1 saturated carbocycles. The highest BCUT2D eigenvalue weighted by atomic mass is 14.2. The van der Waals surface area contributed by atoms with Gasteiger partial charge >= 0.3 is 0 Å². The van der Waals surface area contributed by atoms with Gasteiger partial charge in [-0.3, -0.25) is 0 Å². The van der Waals surface area contributed by atoms with E-state index < -0.39 is 0 Å². The molecular weight excluding hydrogens is 156 g/mol. The minimum Gasteiger partial charge on any atom is -0.0776 e. The SMILES string of the molecule is C.CCCCC1CCC(CC)CC1. The first kappa shape index (κ1) is 13.0. The van der Waals surface area contributed by atoms with E-state index in [2.05, 4.69) is 13.8 Å². The monoisotopic (exact) mass is 184 g/mol. The van der Waals surface area contributed by atoms with Crippen LogP contribution in [0.25, 0.3) is 0 Å². The average molecular weight is 184 g/mol. The molecule has 0 amide bonds. The highest BCUT2D eigenvalue weighted by molar-refractivity contribution is 4.71. The first-order valence-electron chi connectivity index (χ1n) is 5.86. The Hall–Kier alpha value is 0. The molecule has 1 aliphatic carbocycles. The second-order valence-corrected chi connectivity index (χ2v) is 4.44. The van der Waals surface area contributed by atoms with Gasteiger partial charge in [-0.05, 0) is 11.8 Å². The molecule has 0 heterocycles. The van der Waals surface area contributed by atoms with Gasteiger partial charge in [0.15, 0.2) is 0 Å². The van der Waals surface area contributed by atoms with Crippen molar-refractivity contribution >= 4 is 0 Å². The molecule has 0 atom stereocenters. The zero-order valence-corrected chi connectivity index (χ0v) is 8.81. The van der Waals surface area contributed by atoms with Crippen LogP contribution in [0, 0.1) is 11.8 Å². The van der Waals surface area contributed by atoms with Crippen LogP contribution in [0.3, 0.4) is 0 Å². The van der Waals surface area contributed by atoms with Crippen molar-refractivity contribution in [1.82, 2.24) is 0 Å². The van der Waals surface area contributed by atoms with Crippen LogP contribution in [0.5, 0.6) is 0 Å². The van der Waals surface area contributed by atoms with Gasteiger partial charge in [0.2, 0.25) is 0 Å². The molecule has 13 heavy (non-hydrogen) atoms. The molecule has 0 saturated heterocycles. The summed E-state index contributed by atoms with van der Waals surface area (Å²) in [7, 11) is 0. The maximum absolute atomic E-state index is 2.34. The Kier molecular flexibility index (Phi) is 7.41. The third-order valence-corrected chi connectivity index (χ3v) is 3.51.